The van der Waals surface area contributed by atoms with E-state index in [4.69, 9.17) is 24.0 Å². The third kappa shape index (κ3) is 11.9. The van der Waals surface area contributed by atoms with Crippen LogP contribution in [0.5, 0.6) is 0 Å². The van der Waals surface area contributed by atoms with Crippen molar-refractivity contribution in [3.05, 3.63) is 12.3 Å². The molecule has 0 radical (unpaired) electrons. The van der Waals surface area contributed by atoms with E-state index in [0.29, 0.717) is 25.7 Å². The van der Waals surface area contributed by atoms with Crippen molar-refractivity contribution in [3.63, 3.8) is 0 Å². The van der Waals surface area contributed by atoms with Gasteiger partial charge in [0.1, 0.15) is 28.2 Å². The van der Waals surface area contributed by atoms with Gasteiger partial charge in [-0.2, -0.15) is 4.89 Å². The third-order valence-corrected chi connectivity index (χ3v) is 6.96. The zero-order chi connectivity index (χ0) is 29.3. The van der Waals surface area contributed by atoms with Crippen molar-refractivity contribution in [2.75, 3.05) is 0 Å². The molecule has 0 bridgehead atoms. The molecule has 0 saturated carbocycles. The van der Waals surface area contributed by atoms with Gasteiger partial charge in [-0.05, 0) is 87.5 Å². The zero-order valence-corrected chi connectivity index (χ0v) is 25.4. The van der Waals surface area contributed by atoms with E-state index in [1.165, 1.54) is 0 Å². The number of ether oxygens (including phenoxy) is 3. The van der Waals surface area contributed by atoms with Gasteiger partial charge in [0.2, 0.25) is 0 Å². The Morgan fingerprint density at radius 2 is 1.00 bits per heavy atom. The number of carbonyl (C=O) groups is 3. The Morgan fingerprint density at radius 3 is 1.38 bits per heavy atom. The highest BCUT2D eigenvalue weighted by Gasteiger charge is 2.52. The number of hydrogen-bond donors (Lipinski definition) is 0. The van der Waals surface area contributed by atoms with Crippen molar-refractivity contribution < 1.29 is 38.4 Å². The second-order valence-electron chi connectivity index (χ2n) is 12.2. The average Bonchev–Trinajstić information content (AvgIpc) is 2.79. The van der Waals surface area contributed by atoms with Gasteiger partial charge in [0, 0.05) is 12.8 Å². The Balaban J connectivity index is 6.43. The minimum Gasteiger partial charge on any atom is -0.460 e. The Bertz CT molecular complexity index is 762. The summed E-state index contributed by atoms with van der Waals surface area (Å²) in [5, 5.41) is 0. The maximum atomic E-state index is 13.8. The van der Waals surface area contributed by atoms with E-state index in [9.17, 15) is 14.4 Å². The highest BCUT2D eigenvalue weighted by Crippen LogP contribution is 2.39. The molecule has 8 nitrogen and oxygen atoms in total. The quantitative estimate of drug-likeness (QED) is 0.0497. The van der Waals surface area contributed by atoms with Crippen molar-refractivity contribution >= 4 is 17.9 Å². The number of allylic oxidation sites excluding steroid dienone is 1. The highest BCUT2D eigenvalue weighted by molar-refractivity contribution is 6.01. The highest BCUT2D eigenvalue weighted by atomic mass is 17.2. The van der Waals surface area contributed by atoms with Crippen LogP contribution in [-0.4, -0.2) is 40.3 Å². The standard InChI is InChI=1S/C29H52O8/c1-14-25(6,7)33-22(30)18-19-29(23(31)34-26(8,9)15-2,24(32)35-27(10,11)16-3)20-21(5)36-37-28(12,13)17-4/h5,14-20H2,1-4,6-13H3. The summed E-state index contributed by atoms with van der Waals surface area (Å²) in [5.41, 5.74) is -4.89. The Kier molecular flexibility index (Phi) is 12.9. The molecule has 0 heterocycles. The molecule has 0 aromatic rings. The first kappa shape index (κ1) is 34.9. The number of rotatable bonds is 17. The smallest absolute Gasteiger partial charge is 0.324 e. The molecular formula is C29H52O8. The number of hydrogen-bond acceptors (Lipinski definition) is 8. The topological polar surface area (TPSA) is 97.4 Å². The van der Waals surface area contributed by atoms with Crippen LogP contribution in [0.25, 0.3) is 0 Å². The lowest BCUT2D eigenvalue weighted by Gasteiger charge is -2.36. The first-order valence-corrected chi connectivity index (χ1v) is 13.4. The summed E-state index contributed by atoms with van der Waals surface area (Å²) in [6, 6.07) is 0. The summed E-state index contributed by atoms with van der Waals surface area (Å²) in [4.78, 5) is 51.3. The van der Waals surface area contributed by atoms with E-state index in [1.807, 2.05) is 41.5 Å². The summed E-state index contributed by atoms with van der Waals surface area (Å²) in [6.45, 7) is 25.8. The monoisotopic (exact) mass is 528 g/mol. The van der Waals surface area contributed by atoms with Crippen LogP contribution in [0.15, 0.2) is 12.3 Å². The fourth-order valence-electron chi connectivity index (χ4n) is 2.71. The maximum absolute atomic E-state index is 13.8. The fourth-order valence-corrected chi connectivity index (χ4v) is 2.71. The molecule has 216 valence electrons. The first-order valence-electron chi connectivity index (χ1n) is 13.4. The molecule has 0 unspecified atom stereocenters. The normalized spacial score (nSPS) is 13.1. The maximum Gasteiger partial charge on any atom is 0.324 e. The molecule has 0 saturated heterocycles. The second-order valence-corrected chi connectivity index (χ2v) is 12.2. The van der Waals surface area contributed by atoms with Gasteiger partial charge in [0.25, 0.3) is 0 Å². The van der Waals surface area contributed by atoms with Crippen LogP contribution in [0.3, 0.4) is 0 Å². The summed E-state index contributed by atoms with van der Waals surface area (Å²) >= 11 is 0. The summed E-state index contributed by atoms with van der Waals surface area (Å²) in [6.07, 6.45) is 1.60. The molecule has 0 atom stereocenters. The SMILES string of the molecule is C=C(CC(CCC(=O)OC(C)(C)CC)(C(=O)OC(C)(C)CC)C(=O)OC(C)(C)CC)OOC(C)(C)CC. The first-order chi connectivity index (χ1) is 16.7. The molecule has 0 aromatic heterocycles. The van der Waals surface area contributed by atoms with Gasteiger partial charge in [-0.3, -0.25) is 14.4 Å². The van der Waals surface area contributed by atoms with Gasteiger partial charge in [0.05, 0.1) is 0 Å². The van der Waals surface area contributed by atoms with Gasteiger partial charge < -0.3 is 19.1 Å². The van der Waals surface area contributed by atoms with Crippen LogP contribution in [0.2, 0.25) is 0 Å². The lowest BCUT2D eigenvalue weighted by atomic mass is 9.78. The predicted molar refractivity (Wildman–Crippen MR) is 143 cm³/mol. The molecule has 0 rings (SSSR count). The van der Waals surface area contributed by atoms with Crippen LogP contribution in [-0.2, 0) is 38.4 Å². The van der Waals surface area contributed by atoms with Gasteiger partial charge in [-0.25, -0.2) is 0 Å². The zero-order valence-electron chi connectivity index (χ0n) is 25.4. The Morgan fingerprint density at radius 1 is 0.622 bits per heavy atom. The van der Waals surface area contributed by atoms with Crippen LogP contribution in [0, 0.1) is 5.41 Å². The molecule has 0 aromatic carbocycles. The van der Waals surface area contributed by atoms with Crippen molar-refractivity contribution in [3.8, 4) is 0 Å². The molecule has 0 amide bonds. The average molecular weight is 529 g/mol. The van der Waals surface area contributed by atoms with Crippen LogP contribution >= 0.6 is 0 Å². The van der Waals surface area contributed by atoms with Gasteiger partial charge in [-0.15, -0.1) is 0 Å². The van der Waals surface area contributed by atoms with Crippen LogP contribution in [0.1, 0.15) is 128 Å². The van der Waals surface area contributed by atoms with Crippen LogP contribution < -0.4 is 0 Å². The largest absolute Gasteiger partial charge is 0.460 e. The van der Waals surface area contributed by atoms with Crippen molar-refractivity contribution in [1.82, 2.24) is 0 Å². The number of carbonyl (C=O) groups excluding carboxylic acids is 3. The summed E-state index contributed by atoms with van der Waals surface area (Å²) < 4.78 is 17.2. The van der Waals surface area contributed by atoms with E-state index in [2.05, 4.69) is 6.58 Å². The second kappa shape index (κ2) is 13.6. The lowest BCUT2D eigenvalue weighted by molar-refractivity contribution is -0.329. The Labute approximate surface area is 224 Å². The van der Waals surface area contributed by atoms with Crippen LogP contribution in [0.4, 0.5) is 0 Å². The van der Waals surface area contributed by atoms with Gasteiger partial charge >= 0.3 is 17.9 Å². The molecule has 0 N–H and O–H groups in total. The predicted octanol–water partition coefficient (Wildman–Crippen LogP) is 6.99. The summed E-state index contributed by atoms with van der Waals surface area (Å²) in [5.74, 6) is -2.10. The van der Waals surface area contributed by atoms with E-state index in [1.54, 1.807) is 41.5 Å². The van der Waals surface area contributed by atoms with Crippen molar-refractivity contribution in [2.24, 2.45) is 5.41 Å². The molecule has 0 aliphatic carbocycles. The molecule has 0 spiro atoms. The fraction of sp³-hybridized carbons (Fsp3) is 0.828. The lowest BCUT2D eigenvalue weighted by Crippen LogP contribution is -2.48. The van der Waals surface area contributed by atoms with E-state index >= 15 is 0 Å². The van der Waals surface area contributed by atoms with Gasteiger partial charge in [0.15, 0.2) is 5.41 Å². The summed E-state index contributed by atoms with van der Waals surface area (Å²) in [7, 11) is 0. The molecular weight excluding hydrogens is 476 g/mol. The third-order valence-electron chi connectivity index (χ3n) is 6.96. The van der Waals surface area contributed by atoms with E-state index < -0.39 is 45.7 Å². The van der Waals surface area contributed by atoms with Crippen molar-refractivity contribution in [2.45, 2.75) is 150 Å². The van der Waals surface area contributed by atoms with Gasteiger partial charge in [-0.1, -0.05) is 34.3 Å². The van der Waals surface area contributed by atoms with E-state index in [0.717, 1.165) is 0 Å². The molecule has 0 aliphatic rings. The molecule has 0 aliphatic heterocycles. The Hall–Kier alpha value is -2.09. The van der Waals surface area contributed by atoms with Crippen molar-refractivity contribution in [1.29, 1.82) is 0 Å². The number of esters is 3. The van der Waals surface area contributed by atoms with E-state index in [-0.39, 0.29) is 25.0 Å². The minimum absolute atomic E-state index is 0.0429. The molecule has 37 heavy (non-hydrogen) atoms. The minimum atomic E-state index is -1.90. The molecule has 8 heteroatoms. The molecule has 0 fully saturated rings.